The summed E-state index contributed by atoms with van der Waals surface area (Å²) in [6.45, 7) is 8.93. The molecule has 0 aromatic carbocycles. The highest BCUT2D eigenvalue weighted by molar-refractivity contribution is 6.60. The maximum absolute atomic E-state index is 5.53. The predicted molar refractivity (Wildman–Crippen MR) is 107 cm³/mol. The summed E-state index contributed by atoms with van der Waals surface area (Å²) in [6, 6.07) is 0.729. The summed E-state index contributed by atoms with van der Waals surface area (Å²) < 4.78 is 48.4. The van der Waals surface area contributed by atoms with Gasteiger partial charge in [0.25, 0.3) is 0 Å². The Labute approximate surface area is 171 Å². The van der Waals surface area contributed by atoms with Crippen LogP contribution in [0.4, 0.5) is 0 Å². The summed E-state index contributed by atoms with van der Waals surface area (Å²) >= 11 is 0. The van der Waals surface area contributed by atoms with E-state index in [1.165, 1.54) is 0 Å². The van der Waals surface area contributed by atoms with E-state index in [0.29, 0.717) is 79.3 Å². The lowest BCUT2D eigenvalue weighted by atomic mass is 10.5. The van der Waals surface area contributed by atoms with Crippen molar-refractivity contribution in [3.63, 3.8) is 0 Å². The third-order valence-corrected chi connectivity index (χ3v) is 6.60. The van der Waals surface area contributed by atoms with E-state index in [0.717, 1.165) is 12.5 Å². The van der Waals surface area contributed by atoms with Crippen molar-refractivity contribution in [3.05, 3.63) is 0 Å². The molecule has 0 bridgehead atoms. The standard InChI is InChI=1S/C18H40O9Si/c1-5-22-8-9-24-12-13-26-16-17-27-15-14-25-11-10-23-7-6-18-28(19-2,20-3)21-4/h5-18H2,1-4H3. The molecular weight excluding hydrogens is 388 g/mol. The minimum atomic E-state index is -2.48. The van der Waals surface area contributed by atoms with Gasteiger partial charge in [-0.15, -0.1) is 0 Å². The van der Waals surface area contributed by atoms with Crippen molar-refractivity contribution in [2.75, 3.05) is 101 Å². The quantitative estimate of drug-likeness (QED) is 0.177. The first-order valence-corrected chi connectivity index (χ1v) is 11.8. The number of ether oxygens (including phenoxy) is 6. The molecule has 0 unspecified atom stereocenters. The molecule has 0 radical (unpaired) electrons. The van der Waals surface area contributed by atoms with Crippen molar-refractivity contribution in [1.82, 2.24) is 0 Å². The molecule has 0 aromatic heterocycles. The van der Waals surface area contributed by atoms with Crippen LogP contribution >= 0.6 is 0 Å². The fourth-order valence-corrected chi connectivity index (χ4v) is 3.88. The molecule has 0 spiro atoms. The molecule has 0 aromatic rings. The van der Waals surface area contributed by atoms with E-state index in [4.69, 9.17) is 41.7 Å². The molecule has 9 nitrogen and oxygen atoms in total. The predicted octanol–water partition coefficient (Wildman–Crippen LogP) is 1.37. The van der Waals surface area contributed by atoms with Crippen molar-refractivity contribution >= 4 is 8.80 Å². The molecule has 0 amide bonds. The van der Waals surface area contributed by atoms with Crippen molar-refractivity contribution in [3.8, 4) is 0 Å². The van der Waals surface area contributed by atoms with Crippen LogP contribution in [0.25, 0.3) is 0 Å². The Morgan fingerprint density at radius 3 is 1.11 bits per heavy atom. The molecule has 10 heteroatoms. The van der Waals surface area contributed by atoms with Gasteiger partial charge in [-0.1, -0.05) is 0 Å². The lowest BCUT2D eigenvalue weighted by Gasteiger charge is -2.24. The summed E-state index contributed by atoms with van der Waals surface area (Å²) in [5, 5.41) is 0. The zero-order valence-electron chi connectivity index (χ0n) is 18.1. The van der Waals surface area contributed by atoms with Gasteiger partial charge in [0.2, 0.25) is 0 Å². The van der Waals surface area contributed by atoms with Gasteiger partial charge in [0.15, 0.2) is 0 Å². The molecular formula is C18H40O9Si. The van der Waals surface area contributed by atoms with Gasteiger partial charge >= 0.3 is 8.80 Å². The van der Waals surface area contributed by atoms with Crippen LogP contribution in [0.1, 0.15) is 13.3 Å². The minimum Gasteiger partial charge on any atom is -0.379 e. The average molecular weight is 429 g/mol. The molecule has 0 saturated carbocycles. The van der Waals surface area contributed by atoms with E-state index in [2.05, 4.69) is 0 Å². The molecule has 0 N–H and O–H groups in total. The van der Waals surface area contributed by atoms with Gasteiger partial charge in [0.1, 0.15) is 0 Å². The van der Waals surface area contributed by atoms with E-state index >= 15 is 0 Å². The van der Waals surface area contributed by atoms with E-state index in [9.17, 15) is 0 Å². The van der Waals surface area contributed by atoms with Gasteiger partial charge in [-0.2, -0.15) is 0 Å². The highest BCUT2D eigenvalue weighted by Crippen LogP contribution is 2.14. The summed E-state index contributed by atoms with van der Waals surface area (Å²) in [4.78, 5) is 0. The van der Waals surface area contributed by atoms with Crippen LogP contribution in [0.15, 0.2) is 0 Å². The number of hydrogen-bond donors (Lipinski definition) is 0. The van der Waals surface area contributed by atoms with Crippen LogP contribution in [0.5, 0.6) is 0 Å². The first-order chi connectivity index (χ1) is 13.7. The van der Waals surface area contributed by atoms with Crippen molar-refractivity contribution in [2.24, 2.45) is 0 Å². The molecule has 0 saturated heterocycles. The smallest absolute Gasteiger partial charge is 0.379 e. The number of hydrogen-bond acceptors (Lipinski definition) is 9. The van der Waals surface area contributed by atoms with Gasteiger partial charge in [0.05, 0.1) is 66.1 Å². The zero-order chi connectivity index (χ0) is 20.8. The molecule has 28 heavy (non-hydrogen) atoms. The second-order valence-corrected chi connectivity index (χ2v) is 8.75. The fraction of sp³-hybridized carbons (Fsp3) is 1.00. The van der Waals surface area contributed by atoms with Crippen LogP contribution in [-0.4, -0.2) is 109 Å². The largest absolute Gasteiger partial charge is 0.500 e. The maximum atomic E-state index is 5.53. The van der Waals surface area contributed by atoms with Crippen LogP contribution in [-0.2, 0) is 41.7 Å². The summed E-state index contributed by atoms with van der Waals surface area (Å²) in [5.41, 5.74) is 0. The maximum Gasteiger partial charge on any atom is 0.500 e. The average Bonchev–Trinajstić information content (AvgIpc) is 2.73. The molecule has 0 aliphatic rings. The SMILES string of the molecule is CCOCCOCCOCCOCCOCCOCCC[Si](OC)(OC)OC. The van der Waals surface area contributed by atoms with E-state index in [1.54, 1.807) is 21.3 Å². The van der Waals surface area contributed by atoms with Crippen LogP contribution < -0.4 is 0 Å². The topological polar surface area (TPSA) is 83.1 Å². The van der Waals surface area contributed by atoms with E-state index < -0.39 is 8.80 Å². The van der Waals surface area contributed by atoms with Crippen molar-refractivity contribution in [1.29, 1.82) is 0 Å². The Balaban J connectivity index is 3.18. The highest BCUT2D eigenvalue weighted by atomic mass is 28.4. The lowest BCUT2D eigenvalue weighted by molar-refractivity contribution is -0.0162. The third kappa shape index (κ3) is 16.8. The number of rotatable bonds is 23. The fourth-order valence-electron chi connectivity index (χ4n) is 2.19. The normalized spacial score (nSPS) is 12.0. The Morgan fingerprint density at radius 1 is 0.464 bits per heavy atom. The first kappa shape index (κ1) is 27.9. The zero-order valence-corrected chi connectivity index (χ0v) is 19.1. The van der Waals surface area contributed by atoms with Crippen LogP contribution in [0.2, 0.25) is 6.04 Å². The molecule has 0 aliphatic heterocycles. The summed E-state index contributed by atoms with van der Waals surface area (Å²) in [7, 11) is 2.36. The molecule has 0 aliphatic carbocycles. The monoisotopic (exact) mass is 428 g/mol. The Morgan fingerprint density at radius 2 is 0.786 bits per heavy atom. The van der Waals surface area contributed by atoms with Gasteiger partial charge in [-0.25, -0.2) is 0 Å². The molecule has 0 atom stereocenters. The van der Waals surface area contributed by atoms with E-state index in [1.807, 2.05) is 6.92 Å². The lowest BCUT2D eigenvalue weighted by Crippen LogP contribution is -2.42. The molecule has 0 heterocycles. The van der Waals surface area contributed by atoms with Gasteiger partial charge in [0, 0.05) is 40.6 Å². The van der Waals surface area contributed by atoms with Crippen molar-refractivity contribution < 1.29 is 41.7 Å². The Kier molecular flexibility index (Phi) is 21.5. The van der Waals surface area contributed by atoms with Gasteiger partial charge in [-0.05, 0) is 13.3 Å². The second kappa shape index (κ2) is 21.6. The summed E-state index contributed by atoms with van der Waals surface area (Å²) in [5.74, 6) is 0. The third-order valence-electron chi connectivity index (χ3n) is 3.77. The minimum absolute atomic E-state index is 0.539. The summed E-state index contributed by atoms with van der Waals surface area (Å²) in [6.07, 6.45) is 0.822. The molecule has 170 valence electrons. The van der Waals surface area contributed by atoms with Crippen molar-refractivity contribution in [2.45, 2.75) is 19.4 Å². The van der Waals surface area contributed by atoms with E-state index in [-0.39, 0.29) is 0 Å². The van der Waals surface area contributed by atoms with Crippen LogP contribution in [0.3, 0.4) is 0 Å². The first-order valence-electron chi connectivity index (χ1n) is 9.86. The van der Waals surface area contributed by atoms with Crippen LogP contribution in [0, 0.1) is 0 Å². The highest BCUT2D eigenvalue weighted by Gasteiger charge is 2.36. The molecule has 0 rings (SSSR count). The van der Waals surface area contributed by atoms with Gasteiger partial charge in [-0.3, -0.25) is 0 Å². The molecule has 0 fully saturated rings. The second-order valence-electron chi connectivity index (χ2n) is 5.66. The Bertz CT molecular complexity index is 299. The Hall–Kier alpha value is -0.143. The van der Waals surface area contributed by atoms with Gasteiger partial charge < -0.3 is 41.7 Å².